The second-order valence-electron chi connectivity index (χ2n) is 3.38. The van der Waals surface area contributed by atoms with Crippen LogP contribution < -0.4 is 11.3 Å². The highest BCUT2D eigenvalue weighted by Gasteiger charge is 2.00. The summed E-state index contributed by atoms with van der Waals surface area (Å²) < 4.78 is 14.1. The summed E-state index contributed by atoms with van der Waals surface area (Å²) in [7, 11) is 0. The lowest BCUT2D eigenvalue weighted by atomic mass is 10.2. The number of nitrogens with two attached hydrogens (primary N) is 1. The highest BCUT2D eigenvalue weighted by molar-refractivity contribution is 5.24. The zero-order chi connectivity index (χ0) is 11.5. The van der Waals surface area contributed by atoms with Gasteiger partial charge in [0.05, 0.1) is 6.54 Å². The molecule has 0 saturated carbocycles. The highest BCUT2D eigenvalue weighted by atomic mass is 19.1. The highest BCUT2D eigenvalue weighted by Crippen LogP contribution is 2.04. The molecule has 1 aromatic carbocycles. The number of hydrogen-bond donors (Lipinski definition) is 1. The Morgan fingerprint density at radius 1 is 1.31 bits per heavy atom. The second kappa shape index (κ2) is 4.14. The van der Waals surface area contributed by atoms with Crippen molar-refractivity contribution in [2.24, 2.45) is 0 Å². The summed E-state index contributed by atoms with van der Waals surface area (Å²) in [6.45, 7) is 0.210. The van der Waals surface area contributed by atoms with Crippen LogP contribution in [0.25, 0.3) is 0 Å². The summed E-state index contributed by atoms with van der Waals surface area (Å²) in [6.07, 6.45) is 0. The molecule has 0 radical (unpaired) electrons. The van der Waals surface area contributed by atoms with Gasteiger partial charge in [-0.05, 0) is 23.8 Å². The van der Waals surface area contributed by atoms with Crippen molar-refractivity contribution < 1.29 is 4.39 Å². The largest absolute Gasteiger partial charge is 0.382 e. The standard InChI is InChI=1S/C11H10FN3O/c12-9-3-1-2-8(6-9)7-15-11(16)5-4-10(13)14-15/h1-6H,7H2,(H2,13,14). The van der Waals surface area contributed by atoms with E-state index in [0.717, 1.165) is 0 Å². The van der Waals surface area contributed by atoms with Crippen molar-refractivity contribution in [1.82, 2.24) is 9.78 Å². The van der Waals surface area contributed by atoms with Gasteiger partial charge in [0.15, 0.2) is 0 Å². The van der Waals surface area contributed by atoms with Gasteiger partial charge in [0.2, 0.25) is 0 Å². The molecule has 2 N–H and O–H groups in total. The zero-order valence-corrected chi connectivity index (χ0v) is 8.43. The molecular weight excluding hydrogens is 209 g/mol. The average molecular weight is 219 g/mol. The van der Waals surface area contributed by atoms with Crippen LogP contribution in [0.2, 0.25) is 0 Å². The number of benzene rings is 1. The Kier molecular flexibility index (Phi) is 2.68. The molecule has 0 saturated heterocycles. The molecule has 2 rings (SSSR count). The van der Waals surface area contributed by atoms with Gasteiger partial charge >= 0.3 is 0 Å². The van der Waals surface area contributed by atoms with Crippen LogP contribution in [0.15, 0.2) is 41.2 Å². The maximum absolute atomic E-state index is 12.9. The third-order valence-corrected chi connectivity index (χ3v) is 2.11. The maximum atomic E-state index is 12.9. The summed E-state index contributed by atoms with van der Waals surface area (Å²) in [5.74, 6) is -0.0783. The Morgan fingerprint density at radius 2 is 2.12 bits per heavy atom. The molecule has 2 aromatic rings. The van der Waals surface area contributed by atoms with E-state index >= 15 is 0 Å². The van der Waals surface area contributed by atoms with Crippen molar-refractivity contribution in [2.45, 2.75) is 6.54 Å². The van der Waals surface area contributed by atoms with Gasteiger partial charge < -0.3 is 5.73 Å². The van der Waals surface area contributed by atoms with Crippen LogP contribution >= 0.6 is 0 Å². The summed E-state index contributed by atoms with van der Waals surface area (Å²) in [5.41, 5.74) is 5.87. The Bertz CT molecular complexity index is 565. The van der Waals surface area contributed by atoms with Crippen molar-refractivity contribution >= 4 is 5.82 Å². The van der Waals surface area contributed by atoms with E-state index < -0.39 is 0 Å². The fourth-order valence-electron chi connectivity index (χ4n) is 1.39. The molecule has 0 atom stereocenters. The van der Waals surface area contributed by atoms with Gasteiger partial charge in [0.25, 0.3) is 5.56 Å². The Balaban J connectivity index is 2.34. The van der Waals surface area contributed by atoms with Crippen LogP contribution in [0.5, 0.6) is 0 Å². The van der Waals surface area contributed by atoms with E-state index in [9.17, 15) is 9.18 Å². The van der Waals surface area contributed by atoms with E-state index in [1.807, 2.05) is 0 Å². The van der Waals surface area contributed by atoms with Gasteiger partial charge in [-0.1, -0.05) is 12.1 Å². The molecule has 0 bridgehead atoms. The van der Waals surface area contributed by atoms with Crippen LogP contribution in [0.4, 0.5) is 10.2 Å². The van der Waals surface area contributed by atoms with Crippen molar-refractivity contribution in [1.29, 1.82) is 0 Å². The normalized spacial score (nSPS) is 10.3. The van der Waals surface area contributed by atoms with E-state index in [2.05, 4.69) is 5.10 Å². The van der Waals surface area contributed by atoms with Gasteiger partial charge in [0.1, 0.15) is 11.6 Å². The number of halogens is 1. The summed E-state index contributed by atoms with van der Waals surface area (Å²) >= 11 is 0. The molecule has 5 heteroatoms. The number of rotatable bonds is 2. The van der Waals surface area contributed by atoms with Gasteiger partial charge in [-0.25, -0.2) is 9.07 Å². The van der Waals surface area contributed by atoms with Crippen molar-refractivity contribution in [3.05, 3.63) is 58.1 Å². The molecular formula is C11H10FN3O. The Labute approximate surface area is 91.1 Å². The van der Waals surface area contributed by atoms with Crippen LogP contribution in [0.1, 0.15) is 5.56 Å². The third kappa shape index (κ3) is 2.25. The summed E-state index contributed by atoms with van der Waals surface area (Å²) in [4.78, 5) is 11.4. The molecule has 16 heavy (non-hydrogen) atoms. The quantitative estimate of drug-likeness (QED) is 0.820. The molecule has 0 fully saturated rings. The van der Waals surface area contributed by atoms with Crippen molar-refractivity contribution in [3.8, 4) is 0 Å². The van der Waals surface area contributed by atoms with Gasteiger partial charge in [-0.3, -0.25) is 4.79 Å². The van der Waals surface area contributed by atoms with Crippen LogP contribution in [0.3, 0.4) is 0 Å². The minimum absolute atomic E-state index is 0.210. The summed E-state index contributed by atoms with van der Waals surface area (Å²) in [6, 6.07) is 8.78. The minimum Gasteiger partial charge on any atom is -0.382 e. The first kappa shape index (κ1) is 10.4. The minimum atomic E-state index is -0.338. The predicted molar refractivity (Wildman–Crippen MR) is 58.4 cm³/mol. The average Bonchev–Trinajstić information content (AvgIpc) is 2.24. The SMILES string of the molecule is Nc1ccc(=O)n(Cc2cccc(F)c2)n1. The van der Waals surface area contributed by atoms with Crippen LogP contribution in [-0.4, -0.2) is 9.78 Å². The Morgan fingerprint density at radius 3 is 2.88 bits per heavy atom. The Hall–Kier alpha value is -2.17. The molecule has 4 nitrogen and oxygen atoms in total. The lowest BCUT2D eigenvalue weighted by molar-refractivity contribution is 0.612. The van der Waals surface area contributed by atoms with Gasteiger partial charge in [0, 0.05) is 6.07 Å². The monoisotopic (exact) mass is 219 g/mol. The van der Waals surface area contributed by atoms with Crippen LogP contribution in [0, 0.1) is 5.82 Å². The van der Waals surface area contributed by atoms with Crippen molar-refractivity contribution in [3.63, 3.8) is 0 Å². The second-order valence-corrected chi connectivity index (χ2v) is 3.38. The van der Waals surface area contributed by atoms with E-state index in [4.69, 9.17) is 5.73 Å². The smallest absolute Gasteiger partial charge is 0.267 e. The number of nitrogen functional groups attached to an aromatic ring is 1. The molecule has 0 spiro atoms. The number of nitrogens with zero attached hydrogens (tertiary/aromatic N) is 2. The fourth-order valence-corrected chi connectivity index (χ4v) is 1.39. The van der Waals surface area contributed by atoms with Gasteiger partial charge in [-0.2, -0.15) is 5.10 Å². The van der Waals surface area contributed by atoms with E-state index in [1.54, 1.807) is 12.1 Å². The lowest BCUT2D eigenvalue weighted by Gasteiger charge is -2.04. The number of hydrogen-bond acceptors (Lipinski definition) is 3. The molecule has 0 aliphatic carbocycles. The third-order valence-electron chi connectivity index (χ3n) is 2.11. The first-order chi connectivity index (χ1) is 7.65. The first-order valence-corrected chi connectivity index (χ1v) is 4.73. The van der Waals surface area contributed by atoms with E-state index in [1.165, 1.54) is 28.9 Å². The van der Waals surface area contributed by atoms with Gasteiger partial charge in [-0.15, -0.1) is 0 Å². The fraction of sp³-hybridized carbons (Fsp3) is 0.0909. The molecule has 0 amide bonds. The molecule has 0 aliphatic heterocycles. The molecule has 0 aliphatic rings. The zero-order valence-electron chi connectivity index (χ0n) is 8.43. The number of aromatic nitrogens is 2. The van der Waals surface area contributed by atoms with E-state index in [-0.39, 0.29) is 23.7 Å². The topological polar surface area (TPSA) is 60.9 Å². The predicted octanol–water partition coefficient (Wildman–Crippen LogP) is 1.01. The molecule has 1 heterocycles. The molecule has 0 unspecified atom stereocenters. The van der Waals surface area contributed by atoms with Crippen molar-refractivity contribution in [2.75, 3.05) is 5.73 Å². The maximum Gasteiger partial charge on any atom is 0.267 e. The summed E-state index contributed by atoms with van der Waals surface area (Å²) in [5, 5.41) is 3.86. The number of anilines is 1. The first-order valence-electron chi connectivity index (χ1n) is 4.73. The van der Waals surface area contributed by atoms with Crippen LogP contribution in [-0.2, 0) is 6.54 Å². The van der Waals surface area contributed by atoms with E-state index in [0.29, 0.717) is 5.56 Å². The molecule has 82 valence electrons. The molecule has 1 aromatic heterocycles. The lowest BCUT2D eigenvalue weighted by Crippen LogP contribution is -2.23.